The van der Waals surface area contributed by atoms with Crippen LogP contribution in [0.3, 0.4) is 0 Å². The molecule has 250 valence electrons. The summed E-state index contributed by atoms with van der Waals surface area (Å²) in [6, 6.07) is 10.6. The molecule has 0 saturated carbocycles. The van der Waals surface area contributed by atoms with Crippen molar-refractivity contribution in [2.24, 2.45) is 5.92 Å². The van der Waals surface area contributed by atoms with E-state index in [2.05, 4.69) is 37.0 Å². The number of hydrogen-bond donors (Lipinski definition) is 1. The van der Waals surface area contributed by atoms with Gasteiger partial charge in [0.05, 0.1) is 23.8 Å². The van der Waals surface area contributed by atoms with Crippen LogP contribution < -0.4 is 4.74 Å². The molecule has 2 fully saturated rings. The maximum absolute atomic E-state index is 13.6. The average molecular weight is 656 g/mol. The Balaban J connectivity index is 1.33. The van der Waals surface area contributed by atoms with Crippen molar-refractivity contribution in [1.29, 1.82) is 0 Å². The number of aliphatic carboxylic acids is 1. The van der Waals surface area contributed by atoms with Gasteiger partial charge in [-0.2, -0.15) is 8.78 Å². The molecule has 1 N–H and O–H groups in total. The van der Waals surface area contributed by atoms with E-state index in [-0.39, 0.29) is 23.8 Å². The standard InChI is InChI=1S/C37H39F2N5O4/c1-23-9-3-4-10-27(23)28-11-7-13-37(24(28)2,33-20-40-26(19-41-33)22-43-14-5-6-15-43)35-42-29-17-25(21-44-16-8-12-30(44)34(45)46)31(48-36(38)39)18-32(29)47-35/h3-4,7,9-11,13,17-20,24,30,36H,5-6,8,12,14-16,21-22H2,1-2H3,(H,45,46)/t24?,30-,37?/m0/s1. The number of hydrogen-bond acceptors (Lipinski definition) is 8. The first-order chi connectivity index (χ1) is 23.2. The summed E-state index contributed by atoms with van der Waals surface area (Å²) in [4.78, 5) is 30.8. The lowest BCUT2D eigenvalue weighted by atomic mass is 9.66. The van der Waals surface area contributed by atoms with Gasteiger partial charge in [-0.1, -0.05) is 49.4 Å². The maximum atomic E-state index is 13.6. The molecular weight excluding hydrogens is 616 g/mol. The fourth-order valence-electron chi connectivity index (χ4n) is 7.57. The summed E-state index contributed by atoms with van der Waals surface area (Å²) in [6.07, 6.45) is 13.3. The number of allylic oxidation sites excluding steroid dienone is 4. The minimum atomic E-state index is -3.07. The number of nitrogens with zero attached hydrogens (tertiary/aromatic N) is 5. The van der Waals surface area contributed by atoms with Gasteiger partial charge in [-0.15, -0.1) is 0 Å². The van der Waals surface area contributed by atoms with Gasteiger partial charge in [0.25, 0.3) is 0 Å². The SMILES string of the molecule is Cc1ccccc1C1=CC=CC(c2cnc(CN3CCCC3)cn2)(c2nc3cc(CN4CCC[C@H]4C(=O)O)c(OC(F)F)cc3o2)C1C. The van der Waals surface area contributed by atoms with Crippen molar-refractivity contribution in [3.8, 4) is 5.75 Å². The van der Waals surface area contributed by atoms with Crippen molar-refractivity contribution in [1.82, 2.24) is 24.8 Å². The highest BCUT2D eigenvalue weighted by molar-refractivity contribution is 5.79. The van der Waals surface area contributed by atoms with Crippen LogP contribution in [0, 0.1) is 12.8 Å². The summed E-state index contributed by atoms with van der Waals surface area (Å²) in [6.45, 7) is 4.63. The van der Waals surface area contributed by atoms with Crippen LogP contribution in [-0.2, 0) is 23.3 Å². The van der Waals surface area contributed by atoms with Gasteiger partial charge in [-0.3, -0.25) is 24.6 Å². The van der Waals surface area contributed by atoms with E-state index in [0.717, 1.165) is 42.0 Å². The Kier molecular flexibility index (Phi) is 8.82. The third-order valence-corrected chi connectivity index (χ3v) is 10.1. The van der Waals surface area contributed by atoms with Crippen LogP contribution in [-0.4, -0.2) is 68.1 Å². The van der Waals surface area contributed by atoms with E-state index in [4.69, 9.17) is 24.1 Å². The van der Waals surface area contributed by atoms with Gasteiger partial charge in [0.1, 0.15) is 22.7 Å². The van der Waals surface area contributed by atoms with Crippen LogP contribution in [0.5, 0.6) is 5.75 Å². The molecule has 11 heteroatoms. The number of ether oxygens (including phenoxy) is 1. The van der Waals surface area contributed by atoms with Crippen molar-refractivity contribution in [2.45, 2.75) is 70.7 Å². The molecule has 2 aromatic carbocycles. The number of rotatable bonds is 10. The first-order valence-electron chi connectivity index (χ1n) is 16.6. The molecule has 9 nitrogen and oxygen atoms in total. The Morgan fingerprint density at radius 1 is 1.10 bits per heavy atom. The maximum Gasteiger partial charge on any atom is 0.387 e. The number of alkyl halides is 2. The largest absolute Gasteiger partial charge is 0.480 e. The lowest BCUT2D eigenvalue weighted by Gasteiger charge is -2.37. The molecule has 2 aliphatic heterocycles. The minimum Gasteiger partial charge on any atom is -0.480 e. The third kappa shape index (κ3) is 6.01. The normalized spacial score (nSPS) is 23.3. The summed E-state index contributed by atoms with van der Waals surface area (Å²) >= 11 is 0. The van der Waals surface area contributed by atoms with Gasteiger partial charge in [0.2, 0.25) is 5.89 Å². The lowest BCUT2D eigenvalue weighted by molar-refractivity contribution is -0.142. The quantitative estimate of drug-likeness (QED) is 0.199. The molecule has 2 aromatic heterocycles. The molecule has 2 unspecified atom stereocenters. The molecule has 0 amide bonds. The molecule has 48 heavy (non-hydrogen) atoms. The number of aromatic nitrogens is 3. The predicted octanol–water partition coefficient (Wildman–Crippen LogP) is 6.75. The Morgan fingerprint density at radius 2 is 1.92 bits per heavy atom. The van der Waals surface area contributed by atoms with Crippen LogP contribution in [0.25, 0.3) is 16.7 Å². The summed E-state index contributed by atoms with van der Waals surface area (Å²) in [5.74, 6) is -0.845. The van der Waals surface area contributed by atoms with E-state index in [0.29, 0.717) is 42.1 Å². The number of oxazole rings is 1. The smallest absolute Gasteiger partial charge is 0.387 e. The summed E-state index contributed by atoms with van der Waals surface area (Å²) in [5, 5.41) is 9.72. The number of carboxylic acid groups (broad SMARTS) is 1. The number of aryl methyl sites for hydroxylation is 1. The number of benzene rings is 2. The Morgan fingerprint density at radius 3 is 2.65 bits per heavy atom. The first kappa shape index (κ1) is 32.1. The number of likely N-dealkylation sites (tertiary alicyclic amines) is 2. The number of carboxylic acids is 1. The second-order valence-corrected chi connectivity index (χ2v) is 13.1. The van der Waals surface area contributed by atoms with Crippen LogP contribution in [0.15, 0.2) is 71.4 Å². The van der Waals surface area contributed by atoms with Crippen LogP contribution >= 0.6 is 0 Å². The molecule has 4 heterocycles. The fourth-order valence-corrected chi connectivity index (χ4v) is 7.57. The van der Waals surface area contributed by atoms with E-state index in [9.17, 15) is 18.7 Å². The molecule has 0 bridgehead atoms. The topological polar surface area (TPSA) is 105 Å². The van der Waals surface area contributed by atoms with Gasteiger partial charge in [-0.25, -0.2) is 4.98 Å². The van der Waals surface area contributed by atoms with E-state index >= 15 is 0 Å². The van der Waals surface area contributed by atoms with E-state index < -0.39 is 24.0 Å². The molecular formula is C37H39F2N5O4. The number of halogens is 2. The molecule has 3 aliphatic rings. The van der Waals surface area contributed by atoms with Gasteiger partial charge < -0.3 is 14.3 Å². The van der Waals surface area contributed by atoms with Crippen LogP contribution in [0.1, 0.15) is 66.6 Å². The molecule has 1 aliphatic carbocycles. The van der Waals surface area contributed by atoms with Gasteiger partial charge in [-0.05, 0) is 75.0 Å². The Labute approximate surface area is 278 Å². The molecule has 0 radical (unpaired) electrons. The second-order valence-electron chi connectivity index (χ2n) is 13.1. The highest BCUT2D eigenvalue weighted by Crippen LogP contribution is 2.49. The number of carbonyl (C=O) groups is 1. The third-order valence-electron chi connectivity index (χ3n) is 10.1. The molecule has 3 atom stereocenters. The predicted molar refractivity (Wildman–Crippen MR) is 176 cm³/mol. The number of fused-ring (bicyclic) bond motifs is 1. The van der Waals surface area contributed by atoms with E-state index in [1.807, 2.05) is 30.5 Å². The minimum absolute atomic E-state index is 0.0657. The summed E-state index contributed by atoms with van der Waals surface area (Å²) < 4.78 is 38.7. The average Bonchev–Trinajstić information content (AvgIpc) is 3.84. The summed E-state index contributed by atoms with van der Waals surface area (Å²) in [5.41, 5.74) is 5.04. The van der Waals surface area contributed by atoms with Crippen molar-refractivity contribution in [3.05, 3.63) is 101 Å². The van der Waals surface area contributed by atoms with Gasteiger partial charge in [0, 0.05) is 30.6 Å². The van der Waals surface area contributed by atoms with Crippen molar-refractivity contribution in [3.63, 3.8) is 0 Å². The van der Waals surface area contributed by atoms with Gasteiger partial charge >= 0.3 is 12.6 Å². The molecule has 0 spiro atoms. The fraction of sp³-hybridized carbons (Fsp3) is 0.405. The highest BCUT2D eigenvalue weighted by atomic mass is 19.3. The molecule has 2 saturated heterocycles. The van der Waals surface area contributed by atoms with Crippen molar-refractivity contribution < 1.29 is 27.8 Å². The monoisotopic (exact) mass is 655 g/mol. The zero-order chi connectivity index (χ0) is 33.4. The van der Waals surface area contributed by atoms with Crippen molar-refractivity contribution >= 4 is 22.6 Å². The van der Waals surface area contributed by atoms with Gasteiger partial charge in [0.15, 0.2) is 5.58 Å². The second kappa shape index (κ2) is 13.2. The molecule has 7 rings (SSSR count). The van der Waals surface area contributed by atoms with Crippen LogP contribution in [0.4, 0.5) is 8.78 Å². The zero-order valence-corrected chi connectivity index (χ0v) is 27.1. The zero-order valence-electron chi connectivity index (χ0n) is 27.1. The highest BCUT2D eigenvalue weighted by Gasteiger charge is 2.47. The Bertz CT molecular complexity index is 1870. The van der Waals surface area contributed by atoms with E-state index in [1.165, 1.54) is 18.9 Å². The molecule has 4 aromatic rings. The lowest BCUT2D eigenvalue weighted by Crippen LogP contribution is -2.37. The summed E-state index contributed by atoms with van der Waals surface area (Å²) in [7, 11) is 0. The first-order valence-corrected chi connectivity index (χ1v) is 16.6. The Hall–Kier alpha value is -4.48. The van der Waals surface area contributed by atoms with Crippen molar-refractivity contribution in [2.75, 3.05) is 19.6 Å². The van der Waals surface area contributed by atoms with Crippen LogP contribution in [0.2, 0.25) is 0 Å². The van der Waals surface area contributed by atoms with E-state index in [1.54, 1.807) is 17.2 Å².